The van der Waals surface area contributed by atoms with Crippen molar-refractivity contribution >= 4 is 17.4 Å². The molecule has 116 valence electrons. The molecule has 0 spiro atoms. The number of ketones is 1. The molecule has 1 saturated heterocycles. The van der Waals surface area contributed by atoms with Gasteiger partial charge in [0.25, 0.3) is 0 Å². The van der Waals surface area contributed by atoms with Crippen LogP contribution in [0.4, 0.5) is 0 Å². The fraction of sp³-hybridized carbons (Fsp3) is 0.562. The predicted octanol–water partition coefficient (Wildman–Crippen LogP) is 2.46. The highest BCUT2D eigenvalue weighted by molar-refractivity contribution is 6.32. The summed E-state index contributed by atoms with van der Waals surface area (Å²) in [6.07, 6.45) is 2.39. The molecule has 0 aliphatic carbocycles. The zero-order chi connectivity index (χ0) is 15.2. The molecule has 1 N–H and O–H groups in total. The van der Waals surface area contributed by atoms with Crippen LogP contribution in [0.3, 0.4) is 0 Å². The number of likely N-dealkylation sites (tertiary alicyclic amines) is 1. The summed E-state index contributed by atoms with van der Waals surface area (Å²) in [7, 11) is 3.54. The molecule has 1 unspecified atom stereocenters. The Morgan fingerprint density at radius 1 is 1.52 bits per heavy atom. The summed E-state index contributed by atoms with van der Waals surface area (Å²) in [5, 5.41) is 3.70. The monoisotopic (exact) mass is 310 g/mol. The Hall–Kier alpha value is -1.10. The van der Waals surface area contributed by atoms with Crippen LogP contribution in [0.2, 0.25) is 5.02 Å². The summed E-state index contributed by atoms with van der Waals surface area (Å²) >= 11 is 6.08. The number of nitrogens with one attached hydrogen (secondary N) is 1. The Labute approximate surface area is 131 Å². The molecule has 21 heavy (non-hydrogen) atoms. The second-order valence-electron chi connectivity index (χ2n) is 5.57. The smallest absolute Gasteiger partial charge is 0.176 e. The minimum absolute atomic E-state index is 0.115. The van der Waals surface area contributed by atoms with Crippen molar-refractivity contribution in [2.45, 2.75) is 12.8 Å². The van der Waals surface area contributed by atoms with Gasteiger partial charge >= 0.3 is 0 Å². The topological polar surface area (TPSA) is 41.6 Å². The molecule has 1 aromatic carbocycles. The molecular weight excluding hydrogens is 288 g/mol. The minimum Gasteiger partial charge on any atom is -0.495 e. The van der Waals surface area contributed by atoms with E-state index in [0.717, 1.165) is 26.1 Å². The minimum atomic E-state index is 0.115. The van der Waals surface area contributed by atoms with Gasteiger partial charge in [0, 0.05) is 12.1 Å². The van der Waals surface area contributed by atoms with Gasteiger partial charge in [-0.2, -0.15) is 0 Å². The maximum absolute atomic E-state index is 12.4. The van der Waals surface area contributed by atoms with Crippen LogP contribution in [0.1, 0.15) is 23.2 Å². The standard InChI is InChI=1S/C16H23ClN2O2/c1-18-9-12-4-3-7-19(10-12)11-15(20)13-5-6-16(21-2)14(17)8-13/h5-6,8,12,18H,3-4,7,9-11H2,1-2H3. The quantitative estimate of drug-likeness (QED) is 0.820. The van der Waals surface area contributed by atoms with Gasteiger partial charge in [-0.3, -0.25) is 9.69 Å². The number of piperidine rings is 1. The zero-order valence-electron chi connectivity index (χ0n) is 12.7. The van der Waals surface area contributed by atoms with E-state index in [2.05, 4.69) is 10.2 Å². The number of hydrogen-bond donors (Lipinski definition) is 1. The van der Waals surface area contributed by atoms with Crippen molar-refractivity contribution in [3.05, 3.63) is 28.8 Å². The summed E-state index contributed by atoms with van der Waals surface area (Å²) in [6.45, 7) is 3.45. The molecule has 0 saturated carbocycles. The molecule has 1 fully saturated rings. The first kappa shape index (κ1) is 16.3. The van der Waals surface area contributed by atoms with Gasteiger partial charge < -0.3 is 10.1 Å². The van der Waals surface area contributed by atoms with Crippen molar-refractivity contribution in [2.75, 3.05) is 40.3 Å². The third kappa shape index (κ3) is 4.43. The van der Waals surface area contributed by atoms with E-state index in [9.17, 15) is 4.79 Å². The van der Waals surface area contributed by atoms with Crippen LogP contribution in [-0.4, -0.2) is 51.0 Å². The lowest BCUT2D eigenvalue weighted by molar-refractivity contribution is 0.0886. The molecule has 5 heteroatoms. The van der Waals surface area contributed by atoms with Crippen molar-refractivity contribution in [1.29, 1.82) is 0 Å². The van der Waals surface area contributed by atoms with Crippen molar-refractivity contribution in [3.8, 4) is 5.75 Å². The number of Topliss-reactive ketones (excluding diaryl/α,β-unsaturated/α-hetero) is 1. The lowest BCUT2D eigenvalue weighted by atomic mass is 9.97. The summed E-state index contributed by atoms with van der Waals surface area (Å²) in [4.78, 5) is 14.6. The Morgan fingerprint density at radius 2 is 2.33 bits per heavy atom. The largest absolute Gasteiger partial charge is 0.495 e. The van der Waals surface area contributed by atoms with Gasteiger partial charge in [0.2, 0.25) is 0 Å². The van der Waals surface area contributed by atoms with Crippen molar-refractivity contribution in [1.82, 2.24) is 10.2 Å². The van der Waals surface area contributed by atoms with Gasteiger partial charge in [-0.1, -0.05) is 11.6 Å². The van der Waals surface area contributed by atoms with Crippen molar-refractivity contribution in [3.63, 3.8) is 0 Å². The molecule has 0 bridgehead atoms. The van der Waals surface area contributed by atoms with Crippen LogP contribution in [0, 0.1) is 5.92 Å². The number of benzene rings is 1. The Balaban J connectivity index is 1.96. The molecule has 2 rings (SSSR count). The van der Waals surface area contributed by atoms with Crippen molar-refractivity contribution in [2.24, 2.45) is 5.92 Å². The highest BCUT2D eigenvalue weighted by atomic mass is 35.5. The maximum Gasteiger partial charge on any atom is 0.176 e. The first-order valence-corrected chi connectivity index (χ1v) is 7.75. The van der Waals surface area contributed by atoms with Gasteiger partial charge in [0.1, 0.15) is 5.75 Å². The fourth-order valence-corrected chi connectivity index (χ4v) is 3.14. The lowest BCUT2D eigenvalue weighted by Gasteiger charge is -2.32. The van der Waals surface area contributed by atoms with E-state index >= 15 is 0 Å². The first-order chi connectivity index (χ1) is 10.1. The van der Waals surface area contributed by atoms with Crippen LogP contribution in [-0.2, 0) is 0 Å². The van der Waals surface area contributed by atoms with Gasteiger partial charge in [-0.25, -0.2) is 0 Å². The SMILES string of the molecule is CNCC1CCCN(CC(=O)c2ccc(OC)c(Cl)c2)C1. The van der Waals surface area contributed by atoms with Crippen molar-refractivity contribution < 1.29 is 9.53 Å². The summed E-state index contributed by atoms with van der Waals surface area (Å²) < 4.78 is 5.11. The van der Waals surface area contributed by atoms with Gasteiger partial charge in [0.05, 0.1) is 18.7 Å². The number of rotatable bonds is 6. The molecule has 1 heterocycles. The Bertz CT molecular complexity index is 491. The number of nitrogens with zero attached hydrogens (tertiary/aromatic N) is 1. The predicted molar refractivity (Wildman–Crippen MR) is 85.4 cm³/mol. The highest BCUT2D eigenvalue weighted by Gasteiger charge is 2.21. The number of hydrogen-bond acceptors (Lipinski definition) is 4. The second kappa shape index (κ2) is 7.78. The van der Waals surface area contributed by atoms with E-state index < -0.39 is 0 Å². The van der Waals surface area contributed by atoms with Gasteiger partial charge in [-0.05, 0) is 57.1 Å². The van der Waals surface area contributed by atoms with E-state index in [0.29, 0.717) is 28.8 Å². The van der Waals surface area contributed by atoms with Crippen LogP contribution in [0.5, 0.6) is 5.75 Å². The lowest BCUT2D eigenvalue weighted by Crippen LogP contribution is -2.41. The average Bonchev–Trinajstić information content (AvgIpc) is 2.48. The molecule has 1 aromatic rings. The summed E-state index contributed by atoms with van der Waals surface area (Å²) in [6, 6.07) is 5.22. The van der Waals surface area contributed by atoms with Gasteiger partial charge in [-0.15, -0.1) is 0 Å². The third-order valence-corrected chi connectivity index (χ3v) is 4.23. The summed E-state index contributed by atoms with van der Waals surface area (Å²) in [5.41, 5.74) is 0.650. The van der Waals surface area contributed by atoms with E-state index in [1.165, 1.54) is 6.42 Å². The van der Waals surface area contributed by atoms with Crippen LogP contribution >= 0.6 is 11.6 Å². The van der Waals surface area contributed by atoms with E-state index in [1.807, 2.05) is 7.05 Å². The Kier molecular flexibility index (Phi) is 6.03. The molecule has 4 nitrogen and oxygen atoms in total. The molecular formula is C16H23ClN2O2. The van der Waals surface area contributed by atoms with Crippen LogP contribution < -0.4 is 10.1 Å². The number of methoxy groups -OCH3 is 1. The van der Waals surface area contributed by atoms with E-state index in [-0.39, 0.29) is 5.78 Å². The third-order valence-electron chi connectivity index (χ3n) is 3.94. The Morgan fingerprint density at radius 3 is 3.00 bits per heavy atom. The zero-order valence-corrected chi connectivity index (χ0v) is 13.4. The number of halogens is 1. The number of carbonyl (C=O) groups is 1. The molecule has 1 atom stereocenters. The molecule has 0 aromatic heterocycles. The maximum atomic E-state index is 12.4. The van der Waals surface area contributed by atoms with E-state index in [1.54, 1.807) is 25.3 Å². The molecule has 1 aliphatic rings. The van der Waals surface area contributed by atoms with Crippen LogP contribution in [0.25, 0.3) is 0 Å². The summed E-state index contributed by atoms with van der Waals surface area (Å²) in [5.74, 6) is 1.35. The molecule has 1 aliphatic heterocycles. The molecule has 0 radical (unpaired) electrons. The normalized spacial score (nSPS) is 19.5. The first-order valence-electron chi connectivity index (χ1n) is 7.37. The number of ether oxygens (including phenoxy) is 1. The van der Waals surface area contributed by atoms with Gasteiger partial charge in [0.15, 0.2) is 5.78 Å². The fourth-order valence-electron chi connectivity index (χ4n) is 2.88. The van der Waals surface area contributed by atoms with Crippen LogP contribution in [0.15, 0.2) is 18.2 Å². The average molecular weight is 311 g/mol. The highest BCUT2D eigenvalue weighted by Crippen LogP contribution is 2.25. The second-order valence-corrected chi connectivity index (χ2v) is 5.98. The van der Waals surface area contributed by atoms with E-state index in [4.69, 9.17) is 16.3 Å². The molecule has 0 amide bonds. The number of carbonyl (C=O) groups excluding carboxylic acids is 1.